The van der Waals surface area contributed by atoms with Crippen molar-refractivity contribution in [1.82, 2.24) is 35.1 Å². The largest absolute Gasteiger partial charge is 0.374 e. The first-order valence-electron chi connectivity index (χ1n) is 12.3. The summed E-state index contributed by atoms with van der Waals surface area (Å²) in [5.74, 6) is 0.616. The Morgan fingerprint density at radius 2 is 1.84 bits per heavy atom. The van der Waals surface area contributed by atoms with Crippen molar-refractivity contribution >= 4 is 27.8 Å². The second kappa shape index (κ2) is 9.64. The van der Waals surface area contributed by atoms with E-state index in [1.807, 2.05) is 18.2 Å². The maximum Gasteiger partial charge on any atom is 0.160 e. The van der Waals surface area contributed by atoms with Gasteiger partial charge in [0.2, 0.25) is 0 Å². The Bertz CT molecular complexity index is 1740. The van der Waals surface area contributed by atoms with Crippen LogP contribution in [0.5, 0.6) is 0 Å². The van der Waals surface area contributed by atoms with Crippen LogP contribution in [-0.2, 0) is 0 Å². The van der Waals surface area contributed by atoms with Gasteiger partial charge in [-0.2, -0.15) is 5.10 Å². The van der Waals surface area contributed by atoms with E-state index in [2.05, 4.69) is 49.3 Å². The minimum absolute atomic E-state index is 0.294. The van der Waals surface area contributed by atoms with Gasteiger partial charge in [-0.15, -0.1) is 0 Å². The number of hydrogen-bond donors (Lipinski definition) is 4. The van der Waals surface area contributed by atoms with Crippen molar-refractivity contribution in [2.45, 2.75) is 26.5 Å². The molecule has 6 aromatic rings. The molecule has 0 saturated carbocycles. The molecule has 1 aromatic carbocycles. The molecule has 38 heavy (non-hydrogen) atoms. The third-order valence-corrected chi connectivity index (χ3v) is 6.27. The van der Waals surface area contributed by atoms with Crippen LogP contribution in [0.2, 0.25) is 0 Å². The van der Waals surface area contributed by atoms with Gasteiger partial charge < -0.3 is 15.4 Å². The molecule has 0 aliphatic carbocycles. The van der Waals surface area contributed by atoms with E-state index in [1.165, 1.54) is 12.1 Å². The molecule has 0 amide bonds. The number of hydrogen-bond acceptors (Lipinski definition) is 7. The molecule has 0 fully saturated rings. The first-order valence-corrected chi connectivity index (χ1v) is 12.3. The Morgan fingerprint density at radius 3 is 2.66 bits per heavy atom. The van der Waals surface area contributed by atoms with Crippen molar-refractivity contribution in [2.24, 2.45) is 5.92 Å². The summed E-state index contributed by atoms with van der Waals surface area (Å²) in [6.45, 7) is 4.12. The van der Waals surface area contributed by atoms with Crippen molar-refractivity contribution < 1.29 is 9.50 Å². The van der Waals surface area contributed by atoms with E-state index in [9.17, 15) is 9.50 Å². The zero-order valence-corrected chi connectivity index (χ0v) is 20.8. The van der Waals surface area contributed by atoms with Crippen LogP contribution in [0.15, 0.2) is 67.3 Å². The number of pyridine rings is 3. The van der Waals surface area contributed by atoms with Crippen molar-refractivity contribution in [3.8, 4) is 33.9 Å². The smallest absolute Gasteiger partial charge is 0.160 e. The summed E-state index contributed by atoms with van der Waals surface area (Å²) < 4.78 is 13.5. The van der Waals surface area contributed by atoms with Gasteiger partial charge in [-0.05, 0) is 48.2 Å². The number of fused-ring (bicyclic) bond motifs is 2. The van der Waals surface area contributed by atoms with Crippen molar-refractivity contribution in [3.63, 3.8) is 0 Å². The van der Waals surface area contributed by atoms with Gasteiger partial charge in [0.25, 0.3) is 0 Å². The summed E-state index contributed by atoms with van der Waals surface area (Å²) in [6, 6.07) is 12.0. The molecular formula is C28H25FN8O. The number of H-pyrrole nitrogens is 2. The predicted molar refractivity (Wildman–Crippen MR) is 144 cm³/mol. The number of rotatable bonds is 7. The van der Waals surface area contributed by atoms with Gasteiger partial charge in [0, 0.05) is 28.9 Å². The number of imidazole rings is 1. The molecule has 6 rings (SSSR count). The highest BCUT2D eigenvalue weighted by Gasteiger charge is 2.17. The SMILES string of the molecule is CC(C)CC(O)Nc1cncc(-c2cc3c(-c4nc5c(-c6ccc(F)cc6)ccnc5[nH]4)n[nH]c3cn2)c1. The fourth-order valence-corrected chi connectivity index (χ4v) is 4.50. The molecule has 190 valence electrons. The Kier molecular flexibility index (Phi) is 6.01. The monoisotopic (exact) mass is 508 g/mol. The topological polar surface area (TPSA) is 128 Å². The van der Waals surface area contributed by atoms with Gasteiger partial charge in [0.1, 0.15) is 23.3 Å². The van der Waals surface area contributed by atoms with Crippen molar-refractivity contribution in [2.75, 3.05) is 5.32 Å². The molecule has 0 aliphatic heterocycles. The highest BCUT2D eigenvalue weighted by molar-refractivity contribution is 5.96. The zero-order valence-electron chi connectivity index (χ0n) is 20.8. The normalized spacial score (nSPS) is 12.4. The lowest BCUT2D eigenvalue weighted by atomic mass is 10.1. The molecule has 0 aliphatic rings. The molecule has 5 aromatic heterocycles. The van der Waals surface area contributed by atoms with E-state index >= 15 is 0 Å². The summed E-state index contributed by atoms with van der Waals surface area (Å²) in [5, 5.41) is 21.7. The molecule has 0 radical (unpaired) electrons. The van der Waals surface area contributed by atoms with E-state index < -0.39 is 6.23 Å². The molecule has 4 N–H and O–H groups in total. The van der Waals surface area contributed by atoms with E-state index in [4.69, 9.17) is 4.98 Å². The molecule has 0 spiro atoms. The van der Waals surface area contributed by atoms with Crippen LogP contribution in [-0.4, -0.2) is 46.5 Å². The minimum atomic E-state index is -0.663. The number of aliphatic hydroxyl groups excluding tert-OH is 1. The molecular weight excluding hydrogens is 483 g/mol. The van der Waals surface area contributed by atoms with Crippen LogP contribution in [0, 0.1) is 11.7 Å². The maximum atomic E-state index is 13.5. The van der Waals surface area contributed by atoms with Crippen LogP contribution in [0.25, 0.3) is 56.0 Å². The average molecular weight is 509 g/mol. The van der Waals surface area contributed by atoms with Gasteiger partial charge in [-0.3, -0.25) is 15.1 Å². The van der Waals surface area contributed by atoms with Crippen LogP contribution in [0.3, 0.4) is 0 Å². The quantitative estimate of drug-likeness (QED) is 0.208. The Balaban J connectivity index is 1.37. The third kappa shape index (κ3) is 4.57. The number of nitrogens with zero attached hydrogens (tertiary/aromatic N) is 5. The summed E-state index contributed by atoms with van der Waals surface area (Å²) in [6.07, 6.45) is 6.79. The van der Waals surface area contributed by atoms with E-state index in [0.717, 1.165) is 27.6 Å². The lowest BCUT2D eigenvalue weighted by Crippen LogP contribution is -2.20. The highest BCUT2D eigenvalue weighted by atomic mass is 19.1. The zero-order chi connectivity index (χ0) is 26.2. The first-order chi connectivity index (χ1) is 18.4. The van der Waals surface area contributed by atoms with Gasteiger partial charge >= 0.3 is 0 Å². The predicted octanol–water partition coefficient (Wildman–Crippen LogP) is 5.54. The molecule has 9 nitrogen and oxygen atoms in total. The number of halogens is 1. The molecule has 0 saturated heterocycles. The molecule has 5 heterocycles. The average Bonchev–Trinajstić information content (AvgIpc) is 3.52. The summed E-state index contributed by atoms with van der Waals surface area (Å²) >= 11 is 0. The van der Waals surface area contributed by atoms with Gasteiger partial charge in [0.15, 0.2) is 11.5 Å². The second-order valence-electron chi connectivity index (χ2n) is 9.59. The molecule has 0 bridgehead atoms. The van der Waals surface area contributed by atoms with Gasteiger partial charge in [-0.25, -0.2) is 14.4 Å². The maximum absolute atomic E-state index is 13.5. The lowest BCUT2D eigenvalue weighted by Gasteiger charge is -2.16. The Hall–Kier alpha value is -4.70. The summed E-state index contributed by atoms with van der Waals surface area (Å²) in [4.78, 5) is 21.4. The first kappa shape index (κ1) is 23.7. The van der Waals surface area contributed by atoms with Crippen LogP contribution < -0.4 is 5.32 Å². The van der Waals surface area contributed by atoms with E-state index in [-0.39, 0.29) is 5.82 Å². The molecule has 10 heteroatoms. The third-order valence-electron chi connectivity index (χ3n) is 6.27. The highest BCUT2D eigenvalue weighted by Crippen LogP contribution is 2.32. The fraction of sp³-hybridized carbons (Fsp3) is 0.179. The standard InChI is InChI=1S/C28H25FN8O/c1-15(2)9-24(38)33-19-10-17(12-30-13-19)22-11-21-23(14-32-22)36-37-26(21)28-34-25-20(7-8-31-27(25)35-28)16-3-5-18(29)6-4-16/h3-8,10-15,24,33,38H,9H2,1-2H3,(H,36,37)(H,31,34,35). The van der Waals surface area contributed by atoms with Gasteiger partial charge in [-0.1, -0.05) is 26.0 Å². The van der Waals surface area contributed by atoms with Gasteiger partial charge in [0.05, 0.1) is 29.3 Å². The van der Waals surface area contributed by atoms with Crippen LogP contribution in [0.4, 0.5) is 10.1 Å². The molecule has 1 atom stereocenters. The van der Waals surface area contributed by atoms with E-state index in [1.54, 1.807) is 36.9 Å². The van der Waals surface area contributed by atoms with Crippen LogP contribution in [0.1, 0.15) is 20.3 Å². The summed E-state index contributed by atoms with van der Waals surface area (Å²) in [7, 11) is 0. The second-order valence-corrected chi connectivity index (χ2v) is 9.59. The number of aromatic amines is 2. The number of benzene rings is 1. The molecule has 1 unspecified atom stereocenters. The number of aromatic nitrogens is 7. The number of anilines is 1. The minimum Gasteiger partial charge on any atom is -0.374 e. The number of nitrogens with one attached hydrogen (secondary N) is 3. The van der Waals surface area contributed by atoms with E-state index in [0.29, 0.717) is 46.4 Å². The fourth-order valence-electron chi connectivity index (χ4n) is 4.50. The van der Waals surface area contributed by atoms with Crippen molar-refractivity contribution in [1.29, 1.82) is 0 Å². The van der Waals surface area contributed by atoms with Crippen LogP contribution >= 0.6 is 0 Å². The Morgan fingerprint density at radius 1 is 1.00 bits per heavy atom. The Labute approximate surface area is 217 Å². The summed E-state index contributed by atoms with van der Waals surface area (Å²) in [5.41, 5.74) is 6.55. The number of aliphatic hydroxyl groups is 1. The lowest BCUT2D eigenvalue weighted by molar-refractivity contribution is 0.176. The van der Waals surface area contributed by atoms with Crippen molar-refractivity contribution in [3.05, 3.63) is 73.1 Å².